The van der Waals surface area contributed by atoms with E-state index in [0.29, 0.717) is 25.4 Å². The zero-order valence-corrected chi connectivity index (χ0v) is 12.0. The lowest BCUT2D eigenvalue weighted by atomic mass is 9.96. The first-order valence-corrected chi connectivity index (χ1v) is 7.16. The molecule has 0 radical (unpaired) electrons. The molecule has 0 aromatic carbocycles. The lowest BCUT2D eigenvalue weighted by molar-refractivity contribution is -0.138. The van der Waals surface area contributed by atoms with E-state index in [1.807, 2.05) is 13.8 Å². The Balaban J connectivity index is 2.54. The number of hydrogen-bond donors (Lipinski definition) is 1. The van der Waals surface area contributed by atoms with Crippen LogP contribution in [0.5, 0.6) is 0 Å². The van der Waals surface area contributed by atoms with Gasteiger partial charge in [-0.25, -0.2) is 0 Å². The molecule has 1 aliphatic rings. The molecule has 1 rings (SSSR count). The Kier molecular flexibility index (Phi) is 6.60. The maximum atomic E-state index is 12.3. The number of carbonyl (C=O) groups excluding carboxylic acids is 1. The molecular formula is C15H25NO3. The minimum absolute atomic E-state index is 0.0253. The van der Waals surface area contributed by atoms with Crippen molar-refractivity contribution in [1.29, 1.82) is 0 Å². The van der Waals surface area contributed by atoms with Crippen LogP contribution in [-0.4, -0.2) is 35.0 Å². The first-order chi connectivity index (χ1) is 8.99. The molecule has 108 valence electrons. The van der Waals surface area contributed by atoms with Gasteiger partial charge in [0.05, 0.1) is 6.42 Å². The zero-order chi connectivity index (χ0) is 14.3. The van der Waals surface area contributed by atoms with Crippen LogP contribution < -0.4 is 0 Å². The molecule has 0 aromatic heterocycles. The van der Waals surface area contributed by atoms with E-state index in [1.165, 1.54) is 18.4 Å². The Hall–Kier alpha value is -1.32. The Labute approximate surface area is 115 Å². The summed E-state index contributed by atoms with van der Waals surface area (Å²) in [5, 5.41) is 8.75. The predicted octanol–water partition coefficient (Wildman–Crippen LogP) is 2.84. The van der Waals surface area contributed by atoms with Crippen LogP contribution in [-0.2, 0) is 9.59 Å². The van der Waals surface area contributed by atoms with Gasteiger partial charge < -0.3 is 10.0 Å². The van der Waals surface area contributed by atoms with Crippen LogP contribution in [0.2, 0.25) is 0 Å². The van der Waals surface area contributed by atoms with E-state index in [9.17, 15) is 9.59 Å². The molecule has 0 heterocycles. The Morgan fingerprint density at radius 2 is 2.11 bits per heavy atom. The van der Waals surface area contributed by atoms with Gasteiger partial charge in [-0.1, -0.05) is 25.5 Å². The van der Waals surface area contributed by atoms with Crippen LogP contribution in [0.15, 0.2) is 11.6 Å². The largest absolute Gasteiger partial charge is 0.481 e. The van der Waals surface area contributed by atoms with Crippen LogP contribution >= 0.6 is 0 Å². The average molecular weight is 267 g/mol. The van der Waals surface area contributed by atoms with Crippen LogP contribution in [0, 0.1) is 5.92 Å². The van der Waals surface area contributed by atoms with Gasteiger partial charge in [-0.3, -0.25) is 9.59 Å². The molecule has 0 unspecified atom stereocenters. The Morgan fingerprint density at radius 3 is 2.63 bits per heavy atom. The molecule has 0 aromatic rings. The Morgan fingerprint density at radius 1 is 1.37 bits per heavy atom. The third-order valence-corrected chi connectivity index (χ3v) is 3.30. The Bertz CT molecular complexity index is 347. The van der Waals surface area contributed by atoms with Crippen molar-refractivity contribution in [2.75, 3.05) is 13.1 Å². The summed E-state index contributed by atoms with van der Waals surface area (Å²) in [5.41, 5.74) is 1.22. The summed E-state index contributed by atoms with van der Waals surface area (Å²) in [7, 11) is 0. The van der Waals surface area contributed by atoms with Crippen molar-refractivity contribution in [3.8, 4) is 0 Å². The highest BCUT2D eigenvalue weighted by Crippen LogP contribution is 2.21. The number of rotatable bonds is 7. The number of carboxylic acids is 1. The van der Waals surface area contributed by atoms with E-state index in [4.69, 9.17) is 5.11 Å². The lowest BCUT2D eigenvalue weighted by Gasteiger charge is -2.25. The van der Waals surface area contributed by atoms with Gasteiger partial charge in [0.2, 0.25) is 5.91 Å². The first-order valence-electron chi connectivity index (χ1n) is 7.16. The highest BCUT2D eigenvalue weighted by molar-refractivity contribution is 5.79. The number of aliphatic carboxylic acids is 1. The smallest absolute Gasteiger partial charge is 0.305 e. The SMILES string of the molecule is CC(C)CN(CCC(=O)O)C(=O)CC1=CCCCC1. The summed E-state index contributed by atoms with van der Waals surface area (Å²) in [6.45, 7) is 5.04. The summed E-state index contributed by atoms with van der Waals surface area (Å²) in [5.74, 6) is -0.417. The van der Waals surface area contributed by atoms with Crippen molar-refractivity contribution in [2.45, 2.75) is 52.4 Å². The first kappa shape index (κ1) is 15.7. The monoisotopic (exact) mass is 267 g/mol. The minimum Gasteiger partial charge on any atom is -0.481 e. The van der Waals surface area contributed by atoms with Crippen molar-refractivity contribution in [2.24, 2.45) is 5.92 Å². The van der Waals surface area contributed by atoms with E-state index < -0.39 is 5.97 Å². The fraction of sp³-hybridized carbons (Fsp3) is 0.733. The van der Waals surface area contributed by atoms with Crippen molar-refractivity contribution in [3.63, 3.8) is 0 Å². The molecule has 0 atom stereocenters. The van der Waals surface area contributed by atoms with Gasteiger partial charge in [0, 0.05) is 19.5 Å². The fourth-order valence-corrected chi connectivity index (χ4v) is 2.36. The van der Waals surface area contributed by atoms with Gasteiger partial charge in [0.25, 0.3) is 0 Å². The van der Waals surface area contributed by atoms with Gasteiger partial charge in [0.15, 0.2) is 0 Å². The molecule has 4 heteroatoms. The van der Waals surface area contributed by atoms with Crippen molar-refractivity contribution in [3.05, 3.63) is 11.6 Å². The number of nitrogens with zero attached hydrogens (tertiary/aromatic N) is 1. The maximum absolute atomic E-state index is 12.3. The summed E-state index contributed by atoms with van der Waals surface area (Å²) < 4.78 is 0. The van der Waals surface area contributed by atoms with E-state index in [-0.39, 0.29) is 12.3 Å². The predicted molar refractivity (Wildman–Crippen MR) is 74.8 cm³/mol. The van der Waals surface area contributed by atoms with Crippen LogP contribution in [0.4, 0.5) is 0 Å². The fourth-order valence-electron chi connectivity index (χ4n) is 2.36. The number of allylic oxidation sites excluding steroid dienone is 1. The van der Waals surface area contributed by atoms with E-state index in [0.717, 1.165) is 12.8 Å². The van der Waals surface area contributed by atoms with E-state index in [1.54, 1.807) is 4.90 Å². The molecule has 0 saturated carbocycles. The second-order valence-corrected chi connectivity index (χ2v) is 5.66. The molecule has 0 aliphatic heterocycles. The topological polar surface area (TPSA) is 57.6 Å². The molecule has 0 spiro atoms. The number of hydrogen-bond acceptors (Lipinski definition) is 2. The standard InChI is InChI=1S/C15H25NO3/c1-12(2)11-16(9-8-15(18)19)14(17)10-13-6-4-3-5-7-13/h6,12H,3-5,7-11H2,1-2H3,(H,18,19). The second-order valence-electron chi connectivity index (χ2n) is 5.66. The zero-order valence-electron chi connectivity index (χ0n) is 12.0. The second kappa shape index (κ2) is 7.97. The van der Waals surface area contributed by atoms with Gasteiger partial charge >= 0.3 is 5.97 Å². The third kappa shape index (κ3) is 6.41. The lowest BCUT2D eigenvalue weighted by Crippen LogP contribution is -2.36. The maximum Gasteiger partial charge on any atom is 0.305 e. The summed E-state index contributed by atoms with van der Waals surface area (Å²) in [6.07, 6.45) is 7.13. The van der Waals surface area contributed by atoms with Gasteiger partial charge in [-0.15, -0.1) is 0 Å². The average Bonchev–Trinajstić information content (AvgIpc) is 2.35. The summed E-state index contributed by atoms with van der Waals surface area (Å²) >= 11 is 0. The normalized spacial score (nSPS) is 15.2. The third-order valence-electron chi connectivity index (χ3n) is 3.30. The number of carboxylic acid groups (broad SMARTS) is 1. The van der Waals surface area contributed by atoms with E-state index >= 15 is 0 Å². The van der Waals surface area contributed by atoms with Crippen molar-refractivity contribution < 1.29 is 14.7 Å². The quantitative estimate of drug-likeness (QED) is 0.722. The minimum atomic E-state index is -0.849. The molecule has 0 bridgehead atoms. The number of carbonyl (C=O) groups is 2. The summed E-state index contributed by atoms with van der Waals surface area (Å²) in [6, 6.07) is 0. The molecule has 1 amide bonds. The molecule has 4 nitrogen and oxygen atoms in total. The highest BCUT2D eigenvalue weighted by atomic mass is 16.4. The van der Waals surface area contributed by atoms with Gasteiger partial charge in [-0.05, 0) is 31.6 Å². The molecule has 1 N–H and O–H groups in total. The molecule has 0 saturated heterocycles. The van der Waals surface area contributed by atoms with Crippen molar-refractivity contribution >= 4 is 11.9 Å². The highest BCUT2D eigenvalue weighted by Gasteiger charge is 2.18. The van der Waals surface area contributed by atoms with Crippen molar-refractivity contribution in [1.82, 2.24) is 4.90 Å². The summed E-state index contributed by atoms with van der Waals surface area (Å²) in [4.78, 5) is 24.6. The molecular weight excluding hydrogens is 242 g/mol. The molecule has 1 aliphatic carbocycles. The molecule has 19 heavy (non-hydrogen) atoms. The van der Waals surface area contributed by atoms with Gasteiger partial charge in [-0.2, -0.15) is 0 Å². The van der Waals surface area contributed by atoms with Crippen LogP contribution in [0.3, 0.4) is 0 Å². The van der Waals surface area contributed by atoms with Crippen LogP contribution in [0.1, 0.15) is 52.4 Å². The van der Waals surface area contributed by atoms with E-state index in [2.05, 4.69) is 6.08 Å². The molecule has 0 fully saturated rings. The number of amides is 1. The van der Waals surface area contributed by atoms with Crippen LogP contribution in [0.25, 0.3) is 0 Å². The van der Waals surface area contributed by atoms with Gasteiger partial charge in [0.1, 0.15) is 0 Å².